The van der Waals surface area contributed by atoms with E-state index in [2.05, 4.69) is 47.6 Å². The Kier molecular flexibility index (Phi) is 10.0. The second kappa shape index (κ2) is 12.4. The summed E-state index contributed by atoms with van der Waals surface area (Å²) in [4.78, 5) is 12.4. The number of carbonyl (C=O) groups excluding carboxylic acids is 1. The van der Waals surface area contributed by atoms with Gasteiger partial charge >= 0.3 is 5.97 Å². The van der Waals surface area contributed by atoms with Crippen LogP contribution >= 0.6 is 34.8 Å². The Morgan fingerprint density at radius 3 is 2.42 bits per heavy atom. The van der Waals surface area contributed by atoms with Gasteiger partial charge in [-0.1, -0.05) is 101 Å². The van der Waals surface area contributed by atoms with Gasteiger partial charge in [0.15, 0.2) is 0 Å². The van der Waals surface area contributed by atoms with E-state index in [1.807, 2.05) is 0 Å². The molecule has 0 amide bonds. The minimum atomic E-state index is -0.338. The van der Waals surface area contributed by atoms with Crippen LogP contribution in [0.5, 0.6) is 0 Å². The number of halogens is 3. The molecule has 0 unspecified atom stereocenters. The fourth-order valence-electron chi connectivity index (χ4n) is 9.81. The second-order valence-electron chi connectivity index (χ2n) is 14.2. The van der Waals surface area contributed by atoms with Crippen molar-refractivity contribution in [3.8, 4) is 0 Å². The van der Waals surface area contributed by atoms with Gasteiger partial charge in [-0.3, -0.25) is 4.79 Å². The van der Waals surface area contributed by atoms with Crippen molar-refractivity contribution in [2.24, 2.45) is 52.3 Å². The number of hydrogen-bond donors (Lipinski definition) is 0. The lowest BCUT2D eigenvalue weighted by molar-refractivity contribution is -0.150. The highest BCUT2D eigenvalue weighted by molar-refractivity contribution is 6.59. The van der Waals surface area contributed by atoms with Gasteiger partial charge in [0.2, 0.25) is 0 Å². The lowest BCUT2D eigenvalue weighted by Crippen LogP contribution is -2.51. The fourth-order valence-corrected chi connectivity index (χ4v) is 10.1. The summed E-state index contributed by atoms with van der Waals surface area (Å²) in [5.41, 5.74) is 2.29. The largest absolute Gasteiger partial charge is 0.462 e. The standard InChI is InChI=1S/C33H51Cl3O2/c1-7-22(20(2)3)9-8-21(4)26-12-13-27-25-11-10-23-18-24(38-30(37)19-29(34)31(35)36)14-16-32(23,5)28(25)15-17-33(26,27)6/h10,20-22,24-28H,7-9,11-19H2,1-6H3/t21-,22+,24+,25-,26-,27-,28-,32+,33-/m1/s1. The first-order valence-corrected chi connectivity index (χ1v) is 16.6. The van der Waals surface area contributed by atoms with Crippen molar-refractivity contribution >= 4 is 40.8 Å². The molecule has 0 spiro atoms. The minimum Gasteiger partial charge on any atom is -0.462 e. The molecule has 0 aliphatic heterocycles. The van der Waals surface area contributed by atoms with Crippen molar-refractivity contribution in [1.29, 1.82) is 0 Å². The molecule has 0 aromatic rings. The molecule has 4 rings (SSSR count). The molecule has 0 heterocycles. The molecule has 216 valence electrons. The van der Waals surface area contributed by atoms with E-state index < -0.39 is 0 Å². The maximum Gasteiger partial charge on any atom is 0.311 e. The first-order chi connectivity index (χ1) is 17.9. The van der Waals surface area contributed by atoms with Crippen LogP contribution in [0.25, 0.3) is 0 Å². The Morgan fingerprint density at radius 2 is 1.76 bits per heavy atom. The zero-order valence-electron chi connectivity index (χ0n) is 24.6. The molecule has 9 atom stereocenters. The third-order valence-corrected chi connectivity index (χ3v) is 13.1. The van der Waals surface area contributed by atoms with E-state index in [0.29, 0.717) is 5.41 Å². The smallest absolute Gasteiger partial charge is 0.311 e. The summed E-state index contributed by atoms with van der Waals surface area (Å²) >= 11 is 17.4. The van der Waals surface area contributed by atoms with Gasteiger partial charge in [-0.15, -0.1) is 0 Å². The molecule has 0 bridgehead atoms. The predicted molar refractivity (Wildman–Crippen MR) is 161 cm³/mol. The van der Waals surface area contributed by atoms with Crippen molar-refractivity contribution in [3.05, 3.63) is 21.2 Å². The lowest BCUT2D eigenvalue weighted by atomic mass is 9.47. The highest BCUT2D eigenvalue weighted by atomic mass is 35.5. The molecule has 38 heavy (non-hydrogen) atoms. The maximum atomic E-state index is 12.4. The number of allylic oxidation sites excluding steroid dienone is 1. The van der Waals surface area contributed by atoms with E-state index >= 15 is 0 Å². The monoisotopic (exact) mass is 584 g/mol. The number of rotatable bonds is 9. The van der Waals surface area contributed by atoms with Crippen LogP contribution in [0.3, 0.4) is 0 Å². The summed E-state index contributed by atoms with van der Waals surface area (Å²) in [5, 5.41) is 0.151. The van der Waals surface area contributed by atoms with Gasteiger partial charge in [0.1, 0.15) is 10.6 Å². The van der Waals surface area contributed by atoms with Crippen molar-refractivity contribution in [2.75, 3.05) is 0 Å². The van der Waals surface area contributed by atoms with Gasteiger partial charge in [0.05, 0.1) is 11.5 Å². The Balaban J connectivity index is 1.41. The first kappa shape index (κ1) is 30.8. The Labute approximate surface area is 247 Å². The predicted octanol–water partition coefficient (Wildman–Crippen LogP) is 10.9. The average Bonchev–Trinajstić information content (AvgIpc) is 3.21. The van der Waals surface area contributed by atoms with E-state index in [0.717, 1.165) is 60.7 Å². The molecule has 4 aliphatic carbocycles. The van der Waals surface area contributed by atoms with E-state index in [4.69, 9.17) is 39.5 Å². The van der Waals surface area contributed by atoms with E-state index in [9.17, 15) is 4.79 Å². The Bertz CT molecular complexity index is 921. The van der Waals surface area contributed by atoms with Gasteiger partial charge in [-0.05, 0) is 104 Å². The van der Waals surface area contributed by atoms with Crippen molar-refractivity contribution < 1.29 is 9.53 Å². The van der Waals surface area contributed by atoms with Gasteiger partial charge in [0.25, 0.3) is 0 Å². The quantitative estimate of drug-likeness (QED) is 0.199. The van der Waals surface area contributed by atoms with Crippen LogP contribution in [-0.2, 0) is 9.53 Å². The summed E-state index contributed by atoms with van der Waals surface area (Å²) in [6, 6.07) is 0. The first-order valence-electron chi connectivity index (χ1n) is 15.5. The average molecular weight is 586 g/mol. The number of hydrogen-bond acceptors (Lipinski definition) is 2. The van der Waals surface area contributed by atoms with Crippen LogP contribution in [-0.4, -0.2) is 12.1 Å². The third kappa shape index (κ3) is 6.04. The maximum absolute atomic E-state index is 12.4. The van der Waals surface area contributed by atoms with E-state index in [1.54, 1.807) is 0 Å². The number of esters is 1. The Morgan fingerprint density at radius 1 is 1.03 bits per heavy atom. The highest BCUT2D eigenvalue weighted by Crippen LogP contribution is 2.67. The summed E-state index contributed by atoms with van der Waals surface area (Å²) in [7, 11) is 0. The van der Waals surface area contributed by atoms with Crippen LogP contribution in [0, 0.1) is 52.3 Å². The topological polar surface area (TPSA) is 26.3 Å². The minimum absolute atomic E-state index is 0.0577. The van der Waals surface area contributed by atoms with Gasteiger partial charge in [-0.25, -0.2) is 0 Å². The lowest BCUT2D eigenvalue weighted by Gasteiger charge is -2.58. The highest BCUT2D eigenvalue weighted by Gasteiger charge is 2.59. The zero-order valence-corrected chi connectivity index (χ0v) is 26.9. The molecule has 5 heteroatoms. The number of ether oxygens (including phenoxy) is 1. The van der Waals surface area contributed by atoms with Crippen LogP contribution in [0.2, 0.25) is 0 Å². The van der Waals surface area contributed by atoms with E-state index in [1.165, 1.54) is 56.9 Å². The van der Waals surface area contributed by atoms with Crippen LogP contribution in [0.1, 0.15) is 119 Å². The van der Waals surface area contributed by atoms with Crippen LogP contribution in [0.4, 0.5) is 0 Å². The molecule has 0 radical (unpaired) electrons. The molecule has 3 saturated carbocycles. The molecule has 0 N–H and O–H groups in total. The summed E-state index contributed by atoms with van der Waals surface area (Å²) in [5.74, 6) is 5.50. The molecule has 0 aromatic heterocycles. The molecule has 2 nitrogen and oxygen atoms in total. The van der Waals surface area contributed by atoms with Gasteiger partial charge < -0.3 is 4.74 Å². The molecule has 3 fully saturated rings. The van der Waals surface area contributed by atoms with Crippen molar-refractivity contribution in [2.45, 2.75) is 125 Å². The zero-order chi connectivity index (χ0) is 27.8. The molecular weight excluding hydrogens is 535 g/mol. The number of fused-ring (bicyclic) bond motifs is 5. The summed E-state index contributed by atoms with van der Waals surface area (Å²) in [6.07, 6.45) is 16.2. The van der Waals surface area contributed by atoms with Crippen molar-refractivity contribution in [1.82, 2.24) is 0 Å². The molecule has 0 aromatic carbocycles. The Hall–Kier alpha value is -0.180. The molecule has 0 saturated heterocycles. The van der Waals surface area contributed by atoms with Gasteiger partial charge in [0, 0.05) is 6.42 Å². The van der Waals surface area contributed by atoms with Crippen LogP contribution < -0.4 is 0 Å². The van der Waals surface area contributed by atoms with Crippen LogP contribution in [0.15, 0.2) is 21.2 Å². The second-order valence-corrected chi connectivity index (χ2v) is 15.6. The van der Waals surface area contributed by atoms with E-state index in [-0.39, 0.29) is 33.4 Å². The van der Waals surface area contributed by atoms with Gasteiger partial charge in [-0.2, -0.15) is 0 Å². The van der Waals surface area contributed by atoms with Crippen molar-refractivity contribution in [3.63, 3.8) is 0 Å². The third-order valence-electron chi connectivity index (χ3n) is 12.1. The molecule has 4 aliphatic rings. The number of carbonyl (C=O) groups is 1. The summed E-state index contributed by atoms with van der Waals surface area (Å²) < 4.78 is 5.75. The SMILES string of the molecule is CC[C@@H](CC[C@@H](C)[C@H]1CC[C@@H]2[C@H]3CC=C4C[C@@H](OC(=O)CC(Cl)=C(Cl)Cl)CC[C@]4(C)[C@@H]3CC[C@@]21C)C(C)C. The fraction of sp³-hybridized carbons (Fsp3) is 0.848. The normalized spacial score (nSPS) is 37.9. The summed E-state index contributed by atoms with van der Waals surface area (Å²) in [6.45, 7) is 14.9. The molecular formula is C33H51Cl3O2.